The molecule has 3 aromatic rings. The lowest BCUT2D eigenvalue weighted by Gasteiger charge is -2.50. The summed E-state index contributed by atoms with van der Waals surface area (Å²) in [5.41, 5.74) is 7.06. The summed E-state index contributed by atoms with van der Waals surface area (Å²) in [6.45, 7) is 3.78. The minimum absolute atomic E-state index is 0.123. The van der Waals surface area contributed by atoms with Crippen LogP contribution in [0.15, 0.2) is 58.6 Å². The number of aliphatic carboxylic acids is 1. The number of nitrogens with two attached hydrogens (primary N) is 1. The third kappa shape index (κ3) is 4.64. The van der Waals surface area contributed by atoms with Gasteiger partial charge in [-0.2, -0.15) is 0 Å². The van der Waals surface area contributed by atoms with Crippen molar-refractivity contribution in [1.82, 2.24) is 19.6 Å². The van der Waals surface area contributed by atoms with Crippen LogP contribution in [0.5, 0.6) is 0 Å². The van der Waals surface area contributed by atoms with E-state index in [0.29, 0.717) is 11.3 Å². The van der Waals surface area contributed by atoms with Crippen molar-refractivity contribution in [2.24, 2.45) is 5.16 Å². The minimum Gasteiger partial charge on any atom is -0.543 e. The number of pyridine rings is 1. The number of thiazole rings is 1. The van der Waals surface area contributed by atoms with Crippen LogP contribution < -0.4 is 20.7 Å². The largest absolute Gasteiger partial charge is 0.543 e. The first-order valence-corrected chi connectivity index (χ1v) is 13.3. The van der Waals surface area contributed by atoms with Crippen LogP contribution in [0, 0.1) is 0 Å². The first-order chi connectivity index (χ1) is 17.7. The fraction of sp³-hybridized carbons (Fsp3) is 0.304. The molecule has 5 rings (SSSR count). The van der Waals surface area contributed by atoms with Crippen molar-refractivity contribution < 1.29 is 28.9 Å². The Morgan fingerprint density at radius 2 is 2.19 bits per heavy atom. The van der Waals surface area contributed by atoms with E-state index in [0.717, 1.165) is 17.0 Å². The lowest BCUT2D eigenvalue weighted by atomic mass is 10.0. The van der Waals surface area contributed by atoms with Crippen LogP contribution in [0.25, 0.3) is 5.65 Å². The van der Waals surface area contributed by atoms with Crippen LogP contribution >= 0.6 is 23.1 Å². The molecule has 0 unspecified atom stereocenters. The van der Waals surface area contributed by atoms with E-state index in [9.17, 15) is 19.5 Å². The molecule has 1 saturated heterocycles. The molecule has 0 radical (unpaired) electrons. The van der Waals surface area contributed by atoms with Gasteiger partial charge in [-0.3, -0.25) is 14.5 Å². The summed E-state index contributed by atoms with van der Waals surface area (Å²) < 4.78 is 3.82. The molecule has 192 valence electrons. The van der Waals surface area contributed by atoms with Gasteiger partial charge in [0.25, 0.3) is 17.5 Å². The standard InChI is InChI=1S/C23H23N7O5S2/c1-12(2)35-27-16(14-11-37-23(24)25-14)19(31)26-17-20(32)30-18(22(33)34)13(10-36-21(17)30)9-29-8-7-28-6-4-3-5-15(28)29/h3-8,11-12,17,21H,9-10H2,1-2H3,(H3-,24,25,26,31,33,34)/b27-16-/t17-,21-/m1/s1. The molecule has 0 spiro atoms. The quantitative estimate of drug-likeness (QED) is 0.167. The highest BCUT2D eigenvalue weighted by atomic mass is 32.2. The van der Waals surface area contributed by atoms with E-state index in [1.165, 1.54) is 16.7 Å². The van der Waals surface area contributed by atoms with Crippen LogP contribution in [-0.2, 0) is 25.8 Å². The van der Waals surface area contributed by atoms with Crippen molar-refractivity contribution in [3.63, 3.8) is 0 Å². The van der Waals surface area contributed by atoms with Gasteiger partial charge in [0.1, 0.15) is 42.2 Å². The zero-order chi connectivity index (χ0) is 26.3. The summed E-state index contributed by atoms with van der Waals surface area (Å²) >= 11 is 2.51. The molecule has 2 amide bonds. The van der Waals surface area contributed by atoms with Crippen LogP contribution in [0.2, 0.25) is 0 Å². The fourth-order valence-corrected chi connectivity index (χ4v) is 6.03. The van der Waals surface area contributed by atoms with Gasteiger partial charge >= 0.3 is 0 Å². The Morgan fingerprint density at radius 1 is 1.38 bits per heavy atom. The van der Waals surface area contributed by atoms with E-state index >= 15 is 0 Å². The number of rotatable bonds is 8. The first kappa shape index (κ1) is 24.8. The van der Waals surface area contributed by atoms with Crippen LogP contribution in [-0.4, -0.2) is 61.1 Å². The predicted octanol–water partition coefficient (Wildman–Crippen LogP) is -0.501. The van der Waals surface area contributed by atoms with Crippen molar-refractivity contribution in [1.29, 1.82) is 0 Å². The van der Waals surface area contributed by atoms with E-state index in [1.54, 1.807) is 19.2 Å². The molecule has 0 aromatic carbocycles. The summed E-state index contributed by atoms with van der Waals surface area (Å²) in [6, 6.07) is 4.75. The number of thioether (sulfide) groups is 1. The maximum Gasteiger partial charge on any atom is 0.286 e. The number of nitrogens with zero attached hydrogens (tertiary/aromatic N) is 5. The van der Waals surface area contributed by atoms with Crippen molar-refractivity contribution >= 4 is 57.4 Å². The van der Waals surface area contributed by atoms with Gasteiger partial charge in [0.15, 0.2) is 10.8 Å². The highest BCUT2D eigenvalue weighted by Crippen LogP contribution is 2.40. The number of amides is 2. The number of anilines is 1. The minimum atomic E-state index is -1.44. The van der Waals surface area contributed by atoms with Crippen molar-refractivity contribution in [2.45, 2.75) is 37.9 Å². The highest BCUT2D eigenvalue weighted by molar-refractivity contribution is 8.00. The fourth-order valence-electron chi connectivity index (χ4n) is 4.15. The number of fused-ring (bicyclic) bond motifs is 2. The van der Waals surface area contributed by atoms with Gasteiger partial charge in [0.2, 0.25) is 0 Å². The van der Waals surface area contributed by atoms with Crippen molar-refractivity contribution in [3.8, 4) is 0 Å². The topological polar surface area (TPSA) is 158 Å². The maximum absolute atomic E-state index is 13.1. The Labute approximate surface area is 219 Å². The summed E-state index contributed by atoms with van der Waals surface area (Å²) in [5, 5.41) is 19.9. The second kappa shape index (κ2) is 9.86. The third-order valence-electron chi connectivity index (χ3n) is 5.79. The molecular formula is C23H23N7O5S2. The van der Waals surface area contributed by atoms with Gasteiger partial charge in [-0.05, 0) is 19.9 Å². The van der Waals surface area contributed by atoms with Gasteiger partial charge in [-0.25, -0.2) is 14.0 Å². The van der Waals surface area contributed by atoms with Crippen molar-refractivity contribution in [3.05, 3.63) is 59.1 Å². The number of nitrogens with one attached hydrogen (secondary N) is 1. The normalized spacial score (nSPS) is 19.7. The van der Waals surface area contributed by atoms with E-state index in [-0.39, 0.29) is 34.9 Å². The van der Waals surface area contributed by atoms with E-state index in [2.05, 4.69) is 15.5 Å². The number of carboxylic acids is 1. The molecule has 12 nitrogen and oxygen atoms in total. The van der Waals surface area contributed by atoms with Gasteiger partial charge in [0.05, 0.1) is 17.9 Å². The Hall–Kier alpha value is -3.91. The molecule has 37 heavy (non-hydrogen) atoms. The molecule has 2 atom stereocenters. The molecular weight excluding hydrogens is 518 g/mol. The molecule has 5 heterocycles. The smallest absolute Gasteiger partial charge is 0.286 e. The Bertz CT molecular complexity index is 1460. The number of hydrogen-bond acceptors (Lipinski definition) is 10. The lowest BCUT2D eigenvalue weighted by Crippen LogP contribution is -2.71. The van der Waals surface area contributed by atoms with Gasteiger partial charge in [-0.1, -0.05) is 11.2 Å². The third-order valence-corrected chi connectivity index (χ3v) is 7.81. The zero-order valence-electron chi connectivity index (χ0n) is 19.9. The van der Waals surface area contributed by atoms with E-state index < -0.39 is 29.2 Å². The lowest BCUT2D eigenvalue weighted by molar-refractivity contribution is -0.662. The molecule has 2 aliphatic rings. The van der Waals surface area contributed by atoms with Gasteiger partial charge < -0.3 is 25.8 Å². The number of imidazole rings is 1. The van der Waals surface area contributed by atoms with Crippen LogP contribution in [0.3, 0.4) is 0 Å². The highest BCUT2D eigenvalue weighted by Gasteiger charge is 2.53. The molecule has 1 fully saturated rings. The number of oxime groups is 1. The molecule has 3 aromatic heterocycles. The number of hydrogen-bond donors (Lipinski definition) is 2. The number of carbonyl (C=O) groups excluding carboxylic acids is 3. The Morgan fingerprint density at radius 3 is 2.89 bits per heavy atom. The summed E-state index contributed by atoms with van der Waals surface area (Å²) in [7, 11) is 0. The molecule has 0 bridgehead atoms. The van der Waals surface area contributed by atoms with Crippen molar-refractivity contribution in [2.75, 3.05) is 11.5 Å². The molecule has 0 aliphatic carbocycles. The van der Waals surface area contributed by atoms with Crippen LogP contribution in [0.4, 0.5) is 5.13 Å². The molecule has 2 aliphatic heterocycles. The summed E-state index contributed by atoms with van der Waals surface area (Å²) in [5.74, 6) is -2.31. The van der Waals surface area contributed by atoms with E-state index in [1.807, 2.05) is 45.8 Å². The zero-order valence-corrected chi connectivity index (χ0v) is 21.5. The number of nitrogen functional groups attached to an aromatic ring is 1. The predicted molar refractivity (Wildman–Crippen MR) is 134 cm³/mol. The molecule has 14 heteroatoms. The van der Waals surface area contributed by atoms with Gasteiger partial charge in [-0.15, -0.1) is 23.1 Å². The second-order valence-corrected chi connectivity index (χ2v) is 10.7. The Balaban J connectivity index is 1.37. The molecule has 3 N–H and O–H groups in total. The number of aromatic nitrogens is 3. The van der Waals surface area contributed by atoms with E-state index in [4.69, 9.17) is 10.6 Å². The van der Waals surface area contributed by atoms with Crippen LogP contribution in [0.1, 0.15) is 19.5 Å². The molecule has 0 saturated carbocycles. The second-order valence-electron chi connectivity index (χ2n) is 8.66. The number of carboxylic acid groups (broad SMARTS) is 1. The average Bonchev–Trinajstić information content (AvgIpc) is 3.48. The average molecular weight is 542 g/mol. The summed E-state index contributed by atoms with van der Waals surface area (Å²) in [4.78, 5) is 48.8. The maximum atomic E-state index is 13.1. The summed E-state index contributed by atoms with van der Waals surface area (Å²) in [6.07, 6.45) is 5.31. The van der Waals surface area contributed by atoms with Gasteiger partial charge in [0, 0.05) is 22.8 Å². The first-order valence-electron chi connectivity index (χ1n) is 11.3. The number of β-lactam (4-membered cyclic amide) rings is 1. The SMILES string of the molecule is CC(C)O/N=C(\C(=O)N[C@@H]1C(=O)N2C(C(=O)[O-])=C(C[n+]3ccn4ccccc43)CS[C@H]12)c1csc(N)n1. The monoisotopic (exact) mass is 541 g/mol. The Kier molecular flexibility index (Phi) is 6.60. The number of carbonyl (C=O) groups is 3.